The van der Waals surface area contributed by atoms with E-state index < -0.39 is 0 Å². The quantitative estimate of drug-likeness (QED) is 0.657. The highest BCUT2D eigenvalue weighted by Crippen LogP contribution is 2.28. The molecular formula is C20H19ClN2O2S. The number of rotatable bonds is 5. The van der Waals surface area contributed by atoms with Crippen molar-refractivity contribution < 1.29 is 4.79 Å². The topological polar surface area (TPSA) is 51.1 Å². The summed E-state index contributed by atoms with van der Waals surface area (Å²) in [4.78, 5) is 25.2. The molecule has 26 heavy (non-hydrogen) atoms. The lowest BCUT2D eigenvalue weighted by Gasteiger charge is -2.11. The van der Waals surface area contributed by atoms with Crippen molar-refractivity contribution in [1.82, 2.24) is 4.57 Å². The number of nitrogens with one attached hydrogen (secondary N) is 1. The van der Waals surface area contributed by atoms with Crippen LogP contribution in [-0.4, -0.2) is 16.2 Å². The van der Waals surface area contributed by atoms with E-state index in [4.69, 9.17) is 11.6 Å². The zero-order valence-corrected chi connectivity index (χ0v) is 16.2. The van der Waals surface area contributed by atoms with E-state index in [-0.39, 0.29) is 17.2 Å². The van der Waals surface area contributed by atoms with Crippen LogP contribution >= 0.6 is 23.4 Å². The molecule has 134 valence electrons. The lowest BCUT2D eigenvalue weighted by molar-refractivity contribution is -0.113. The van der Waals surface area contributed by atoms with Crippen molar-refractivity contribution in [3.63, 3.8) is 0 Å². The number of benzene rings is 2. The van der Waals surface area contributed by atoms with E-state index in [2.05, 4.69) is 12.2 Å². The van der Waals surface area contributed by atoms with Crippen LogP contribution in [0.15, 0.2) is 58.2 Å². The predicted octanol–water partition coefficient (Wildman–Crippen LogP) is 4.49. The largest absolute Gasteiger partial charge is 0.325 e. The Hall–Kier alpha value is -2.24. The molecule has 0 aliphatic heterocycles. The van der Waals surface area contributed by atoms with Gasteiger partial charge in [0.05, 0.1) is 11.3 Å². The normalized spacial score (nSPS) is 10.9. The molecule has 0 aliphatic carbocycles. The molecule has 3 aromatic rings. The number of anilines is 1. The van der Waals surface area contributed by atoms with Gasteiger partial charge in [0, 0.05) is 34.1 Å². The summed E-state index contributed by atoms with van der Waals surface area (Å²) in [6.45, 7) is 2.07. The number of carbonyl (C=O) groups is 1. The minimum atomic E-state index is -0.127. The van der Waals surface area contributed by atoms with Crippen LogP contribution in [0.1, 0.15) is 12.5 Å². The molecule has 4 nitrogen and oxygen atoms in total. The fourth-order valence-electron chi connectivity index (χ4n) is 2.72. The summed E-state index contributed by atoms with van der Waals surface area (Å²) in [5, 5.41) is 4.38. The maximum atomic E-state index is 12.3. The van der Waals surface area contributed by atoms with Gasteiger partial charge in [-0.1, -0.05) is 36.7 Å². The van der Waals surface area contributed by atoms with E-state index >= 15 is 0 Å². The fraction of sp³-hybridized carbons (Fsp3) is 0.200. The number of nitrogens with zero attached hydrogens (tertiary/aromatic N) is 1. The van der Waals surface area contributed by atoms with Crippen molar-refractivity contribution in [2.24, 2.45) is 7.05 Å². The van der Waals surface area contributed by atoms with Crippen LogP contribution in [0.5, 0.6) is 0 Å². The summed E-state index contributed by atoms with van der Waals surface area (Å²) in [6, 6.07) is 14.8. The molecule has 0 aliphatic rings. The highest BCUT2D eigenvalue weighted by molar-refractivity contribution is 8.00. The van der Waals surface area contributed by atoms with Crippen LogP contribution in [0, 0.1) is 0 Å². The first kappa shape index (κ1) is 18.5. The first-order valence-corrected chi connectivity index (χ1v) is 9.65. The third-order valence-corrected chi connectivity index (χ3v) is 5.44. The van der Waals surface area contributed by atoms with Gasteiger partial charge >= 0.3 is 0 Å². The molecule has 1 amide bonds. The maximum absolute atomic E-state index is 12.3. The second-order valence-electron chi connectivity index (χ2n) is 5.96. The molecule has 0 saturated heterocycles. The minimum Gasteiger partial charge on any atom is -0.325 e. The maximum Gasteiger partial charge on any atom is 0.251 e. The Labute approximate surface area is 161 Å². The molecule has 0 unspecified atom stereocenters. The van der Waals surface area contributed by atoms with E-state index in [1.54, 1.807) is 29.8 Å². The van der Waals surface area contributed by atoms with Crippen LogP contribution in [0.25, 0.3) is 10.9 Å². The van der Waals surface area contributed by atoms with Crippen molar-refractivity contribution in [1.29, 1.82) is 0 Å². The lowest BCUT2D eigenvalue weighted by atomic mass is 10.1. The Morgan fingerprint density at radius 1 is 1.19 bits per heavy atom. The first-order valence-electron chi connectivity index (χ1n) is 8.29. The minimum absolute atomic E-state index is 0.106. The number of hydrogen-bond acceptors (Lipinski definition) is 3. The Morgan fingerprint density at radius 3 is 2.77 bits per heavy atom. The molecule has 0 saturated carbocycles. The third kappa shape index (κ3) is 4.11. The number of amides is 1. The number of carbonyl (C=O) groups excluding carboxylic acids is 1. The Bertz CT molecular complexity index is 1030. The molecule has 6 heteroatoms. The average molecular weight is 387 g/mol. The number of pyridine rings is 1. The van der Waals surface area contributed by atoms with Crippen LogP contribution in [0.4, 0.5) is 5.69 Å². The molecule has 1 heterocycles. The van der Waals surface area contributed by atoms with E-state index in [9.17, 15) is 9.59 Å². The highest BCUT2D eigenvalue weighted by atomic mass is 35.5. The Kier molecular flexibility index (Phi) is 5.69. The summed E-state index contributed by atoms with van der Waals surface area (Å²) in [7, 11) is 1.71. The number of halogens is 1. The van der Waals surface area contributed by atoms with Gasteiger partial charge in [-0.3, -0.25) is 9.59 Å². The number of thioether (sulfide) groups is 1. The van der Waals surface area contributed by atoms with Crippen LogP contribution in [-0.2, 0) is 18.3 Å². The monoisotopic (exact) mass is 386 g/mol. The summed E-state index contributed by atoms with van der Waals surface area (Å²) in [6.07, 6.45) is 0.917. The fourth-order valence-corrected chi connectivity index (χ4v) is 3.76. The molecule has 0 spiro atoms. The first-order chi connectivity index (χ1) is 12.5. The van der Waals surface area contributed by atoms with Crippen molar-refractivity contribution in [2.45, 2.75) is 18.2 Å². The van der Waals surface area contributed by atoms with Crippen molar-refractivity contribution in [3.8, 4) is 0 Å². The van der Waals surface area contributed by atoms with Gasteiger partial charge in [-0.2, -0.15) is 0 Å². The van der Waals surface area contributed by atoms with Gasteiger partial charge in [-0.05, 0) is 36.2 Å². The van der Waals surface area contributed by atoms with E-state index in [1.807, 2.05) is 30.3 Å². The molecule has 0 atom stereocenters. The van der Waals surface area contributed by atoms with Crippen LogP contribution in [0.2, 0.25) is 5.02 Å². The second kappa shape index (κ2) is 7.98. The van der Waals surface area contributed by atoms with Gasteiger partial charge in [-0.25, -0.2) is 0 Å². The summed E-state index contributed by atoms with van der Waals surface area (Å²) in [5.74, 6) is 0.118. The summed E-state index contributed by atoms with van der Waals surface area (Å²) < 4.78 is 1.56. The van der Waals surface area contributed by atoms with E-state index in [0.717, 1.165) is 27.9 Å². The zero-order chi connectivity index (χ0) is 18.7. The molecule has 0 fully saturated rings. The number of aromatic nitrogens is 1. The van der Waals surface area contributed by atoms with Gasteiger partial charge < -0.3 is 9.88 Å². The third-order valence-electron chi connectivity index (χ3n) is 4.15. The van der Waals surface area contributed by atoms with E-state index in [0.29, 0.717) is 5.02 Å². The van der Waals surface area contributed by atoms with Gasteiger partial charge in [-0.15, -0.1) is 11.8 Å². The summed E-state index contributed by atoms with van der Waals surface area (Å²) >= 11 is 7.40. The van der Waals surface area contributed by atoms with Crippen molar-refractivity contribution in [2.75, 3.05) is 11.1 Å². The molecule has 2 aromatic carbocycles. The highest BCUT2D eigenvalue weighted by Gasteiger charge is 2.10. The van der Waals surface area contributed by atoms with Gasteiger partial charge in [0.25, 0.3) is 5.56 Å². The molecule has 0 bridgehead atoms. The Balaban J connectivity index is 1.78. The SMILES string of the molecule is CCc1cccc(NC(=O)CSc2cc(=O)n(C)c3cc(Cl)ccc23)c1. The lowest BCUT2D eigenvalue weighted by Crippen LogP contribution is -2.17. The number of fused-ring (bicyclic) bond motifs is 1. The standard InChI is InChI=1S/C20H19ClN2O2S/c1-3-13-5-4-6-15(9-13)22-19(24)12-26-18-11-20(25)23(2)17-10-14(21)7-8-16(17)18/h4-11H,3,12H2,1-2H3,(H,22,24). The molecule has 1 N–H and O–H groups in total. The molecule has 1 aromatic heterocycles. The molecule has 0 radical (unpaired) electrons. The second-order valence-corrected chi connectivity index (χ2v) is 7.41. The summed E-state index contributed by atoms with van der Waals surface area (Å²) in [5.41, 5.74) is 2.59. The van der Waals surface area contributed by atoms with Crippen molar-refractivity contribution >= 4 is 45.9 Å². The van der Waals surface area contributed by atoms with Crippen molar-refractivity contribution in [3.05, 3.63) is 69.5 Å². The molecule has 3 rings (SSSR count). The van der Waals surface area contributed by atoms with Crippen LogP contribution in [0.3, 0.4) is 0 Å². The predicted molar refractivity (Wildman–Crippen MR) is 109 cm³/mol. The average Bonchev–Trinajstić information content (AvgIpc) is 2.63. The number of hydrogen-bond donors (Lipinski definition) is 1. The zero-order valence-electron chi connectivity index (χ0n) is 14.6. The smallest absolute Gasteiger partial charge is 0.251 e. The van der Waals surface area contributed by atoms with Crippen LogP contribution < -0.4 is 10.9 Å². The Morgan fingerprint density at radius 2 is 2.00 bits per heavy atom. The van der Waals surface area contributed by atoms with Gasteiger partial charge in [0.15, 0.2) is 0 Å². The molecular weight excluding hydrogens is 368 g/mol. The van der Waals surface area contributed by atoms with E-state index in [1.165, 1.54) is 17.3 Å². The van der Waals surface area contributed by atoms with Gasteiger partial charge in [0.1, 0.15) is 0 Å². The van der Waals surface area contributed by atoms with Gasteiger partial charge in [0.2, 0.25) is 5.91 Å². The number of aryl methyl sites for hydroxylation is 2.